The van der Waals surface area contributed by atoms with Gasteiger partial charge in [-0.2, -0.15) is 0 Å². The van der Waals surface area contributed by atoms with Crippen molar-refractivity contribution in [3.63, 3.8) is 0 Å². The molecule has 0 aromatic rings. The molecule has 13 heavy (non-hydrogen) atoms. The molecule has 0 aliphatic carbocycles. The van der Waals surface area contributed by atoms with E-state index in [2.05, 4.69) is 27.8 Å². The van der Waals surface area contributed by atoms with Crippen LogP contribution in [0, 0.1) is 0 Å². The second-order valence-electron chi connectivity index (χ2n) is 2.85. The van der Waals surface area contributed by atoms with Crippen molar-refractivity contribution in [2.24, 2.45) is 0 Å². The Bertz CT molecular complexity index is 236. The fourth-order valence-electron chi connectivity index (χ4n) is 1.15. The zero-order valence-electron chi connectivity index (χ0n) is 7.12. The van der Waals surface area contributed by atoms with Gasteiger partial charge in [-0.25, -0.2) is 0 Å². The lowest BCUT2D eigenvalue weighted by Crippen LogP contribution is -2.60. The lowest BCUT2D eigenvalue weighted by molar-refractivity contribution is -0.132. The van der Waals surface area contributed by atoms with Gasteiger partial charge in [0.15, 0.2) is 0 Å². The Balaban J connectivity index is 2.22. The van der Waals surface area contributed by atoms with Crippen LogP contribution in [-0.4, -0.2) is 41.2 Å². The van der Waals surface area contributed by atoms with E-state index in [1.165, 1.54) is 6.08 Å². The third-order valence-corrected chi connectivity index (χ3v) is 2.36. The molecule has 5 heteroatoms. The predicted molar refractivity (Wildman–Crippen MR) is 52.5 cm³/mol. The van der Waals surface area contributed by atoms with Crippen LogP contribution in [0.5, 0.6) is 0 Å². The number of hydrogen-bond donors (Lipinski definition) is 1. The molecule has 0 aromatic heterocycles. The van der Waals surface area contributed by atoms with Crippen molar-refractivity contribution >= 4 is 27.7 Å². The molecule has 0 atom stereocenters. The fraction of sp³-hybridized carbons (Fsp3) is 0.500. The van der Waals surface area contributed by atoms with Gasteiger partial charge in [0.25, 0.3) is 0 Å². The monoisotopic (exact) mass is 246 g/mol. The molecule has 1 rings (SSSR count). The van der Waals surface area contributed by atoms with E-state index in [1.807, 2.05) is 0 Å². The third kappa shape index (κ3) is 2.55. The van der Waals surface area contributed by atoms with Crippen molar-refractivity contribution in [1.82, 2.24) is 10.2 Å². The molecule has 1 N–H and O–H groups in total. The highest BCUT2D eigenvalue weighted by atomic mass is 79.9. The summed E-state index contributed by atoms with van der Waals surface area (Å²) in [6.45, 7) is 4.55. The lowest BCUT2D eigenvalue weighted by atomic mass is 10.1. The summed E-state index contributed by atoms with van der Waals surface area (Å²) in [5.74, 6) is -0.125. The Morgan fingerprint density at radius 2 is 2.23 bits per heavy atom. The number of rotatable bonds is 3. The summed E-state index contributed by atoms with van der Waals surface area (Å²) in [4.78, 5) is 23.5. The quantitative estimate of drug-likeness (QED) is 0.559. The van der Waals surface area contributed by atoms with Gasteiger partial charge >= 0.3 is 0 Å². The van der Waals surface area contributed by atoms with Crippen LogP contribution in [0.15, 0.2) is 12.7 Å². The molecule has 1 fully saturated rings. The number of carbonyl (C=O) groups excluding carboxylic acids is 2. The van der Waals surface area contributed by atoms with Crippen molar-refractivity contribution < 1.29 is 9.59 Å². The molecule has 1 aliphatic rings. The van der Waals surface area contributed by atoms with Crippen LogP contribution in [0.25, 0.3) is 0 Å². The van der Waals surface area contributed by atoms with Crippen molar-refractivity contribution in [3.8, 4) is 0 Å². The van der Waals surface area contributed by atoms with Crippen LogP contribution in [0.2, 0.25) is 0 Å². The summed E-state index contributed by atoms with van der Waals surface area (Å²) >= 11 is 3.05. The second kappa shape index (κ2) is 4.41. The maximum atomic E-state index is 11.0. The summed E-state index contributed by atoms with van der Waals surface area (Å²) < 4.78 is 0. The standard InChI is InChI=1S/C8H11BrN2O2/c1-2-8(13)11-4-6(5-11)10-7(12)3-9/h2,6H,1,3-5H2,(H,10,12). The molecule has 72 valence electrons. The fourth-order valence-corrected chi connectivity index (χ4v) is 1.31. The maximum Gasteiger partial charge on any atom is 0.246 e. The summed E-state index contributed by atoms with van der Waals surface area (Å²) in [6.07, 6.45) is 1.28. The summed E-state index contributed by atoms with van der Waals surface area (Å²) in [6, 6.07) is 0.106. The molecule has 1 heterocycles. The maximum absolute atomic E-state index is 11.0. The molecule has 0 aromatic carbocycles. The van der Waals surface area contributed by atoms with Crippen molar-refractivity contribution in [2.75, 3.05) is 18.4 Å². The normalized spacial score (nSPS) is 16.2. The first-order valence-corrected chi connectivity index (χ1v) is 5.06. The van der Waals surface area contributed by atoms with Gasteiger partial charge in [0.1, 0.15) is 0 Å². The minimum atomic E-state index is -0.0793. The van der Waals surface area contributed by atoms with Crippen LogP contribution < -0.4 is 5.32 Å². The van der Waals surface area contributed by atoms with E-state index in [4.69, 9.17) is 0 Å². The summed E-state index contributed by atoms with van der Waals surface area (Å²) in [5, 5.41) is 3.07. The van der Waals surface area contributed by atoms with Gasteiger partial charge in [-0.3, -0.25) is 9.59 Å². The van der Waals surface area contributed by atoms with E-state index in [0.717, 1.165) is 0 Å². The van der Waals surface area contributed by atoms with E-state index in [1.54, 1.807) is 4.90 Å². The van der Waals surface area contributed by atoms with Crippen molar-refractivity contribution in [1.29, 1.82) is 0 Å². The number of carbonyl (C=O) groups is 2. The first-order chi connectivity index (χ1) is 6.17. The average molecular weight is 247 g/mol. The van der Waals surface area contributed by atoms with E-state index in [9.17, 15) is 9.59 Å². The minimum Gasteiger partial charge on any atom is -0.349 e. The van der Waals surface area contributed by atoms with Gasteiger partial charge in [0.05, 0.1) is 11.4 Å². The zero-order valence-corrected chi connectivity index (χ0v) is 8.71. The first kappa shape index (κ1) is 10.2. The average Bonchev–Trinajstić information content (AvgIpc) is 2.08. The summed E-state index contributed by atoms with van der Waals surface area (Å²) in [7, 11) is 0. The topological polar surface area (TPSA) is 49.4 Å². The smallest absolute Gasteiger partial charge is 0.246 e. The number of nitrogens with zero attached hydrogens (tertiary/aromatic N) is 1. The number of halogens is 1. The van der Waals surface area contributed by atoms with Crippen LogP contribution in [0.1, 0.15) is 0 Å². The molecular weight excluding hydrogens is 236 g/mol. The van der Waals surface area contributed by atoms with Crippen LogP contribution in [0.3, 0.4) is 0 Å². The Hall–Kier alpha value is -0.840. The molecule has 1 aliphatic heterocycles. The SMILES string of the molecule is C=CC(=O)N1CC(NC(=O)CBr)C1. The molecule has 0 saturated carbocycles. The van der Waals surface area contributed by atoms with Crippen LogP contribution in [0.4, 0.5) is 0 Å². The van der Waals surface area contributed by atoms with E-state index in [0.29, 0.717) is 18.4 Å². The highest BCUT2D eigenvalue weighted by Crippen LogP contribution is 2.07. The Morgan fingerprint density at radius 1 is 1.62 bits per heavy atom. The molecule has 0 bridgehead atoms. The van der Waals surface area contributed by atoms with Gasteiger partial charge in [0.2, 0.25) is 11.8 Å². The van der Waals surface area contributed by atoms with Crippen LogP contribution in [-0.2, 0) is 9.59 Å². The number of nitrogens with one attached hydrogen (secondary N) is 1. The Morgan fingerprint density at radius 3 is 2.69 bits per heavy atom. The number of alkyl halides is 1. The van der Waals surface area contributed by atoms with Gasteiger partial charge < -0.3 is 10.2 Å². The minimum absolute atomic E-state index is 0.0456. The van der Waals surface area contributed by atoms with Crippen molar-refractivity contribution in [2.45, 2.75) is 6.04 Å². The molecule has 4 nitrogen and oxygen atoms in total. The second-order valence-corrected chi connectivity index (χ2v) is 3.41. The molecule has 0 radical (unpaired) electrons. The Labute approximate surface area is 85.1 Å². The van der Waals surface area contributed by atoms with Gasteiger partial charge in [0, 0.05) is 13.1 Å². The number of amides is 2. The number of hydrogen-bond acceptors (Lipinski definition) is 2. The van der Waals surface area contributed by atoms with Crippen LogP contribution >= 0.6 is 15.9 Å². The molecule has 1 saturated heterocycles. The van der Waals surface area contributed by atoms with Crippen molar-refractivity contribution in [3.05, 3.63) is 12.7 Å². The largest absolute Gasteiger partial charge is 0.349 e. The highest BCUT2D eigenvalue weighted by Gasteiger charge is 2.29. The highest BCUT2D eigenvalue weighted by molar-refractivity contribution is 9.09. The molecule has 0 spiro atoms. The first-order valence-electron chi connectivity index (χ1n) is 3.94. The van der Waals surface area contributed by atoms with Gasteiger partial charge in [-0.1, -0.05) is 22.5 Å². The van der Waals surface area contributed by atoms with Gasteiger partial charge in [-0.15, -0.1) is 0 Å². The van der Waals surface area contributed by atoms with E-state index < -0.39 is 0 Å². The number of likely N-dealkylation sites (tertiary alicyclic amines) is 1. The third-order valence-electron chi connectivity index (χ3n) is 1.85. The van der Waals surface area contributed by atoms with Gasteiger partial charge in [-0.05, 0) is 6.08 Å². The zero-order chi connectivity index (χ0) is 9.84. The molecule has 2 amide bonds. The lowest BCUT2D eigenvalue weighted by Gasteiger charge is -2.38. The predicted octanol–water partition coefficient (Wildman–Crippen LogP) is -0.106. The Kier molecular flexibility index (Phi) is 3.48. The molecule has 0 unspecified atom stereocenters. The van der Waals surface area contributed by atoms with E-state index >= 15 is 0 Å². The summed E-state index contributed by atoms with van der Waals surface area (Å²) in [5.41, 5.74) is 0. The van der Waals surface area contributed by atoms with E-state index in [-0.39, 0.29) is 17.9 Å². The molecular formula is C8H11BrN2O2.